The Labute approximate surface area is 101 Å². The minimum Gasteiger partial charge on any atom is -0.497 e. The molecule has 1 aromatic carbocycles. The third-order valence-electron chi connectivity index (χ3n) is 2.06. The van der Waals surface area contributed by atoms with E-state index in [0.29, 0.717) is 5.11 Å². The van der Waals surface area contributed by atoms with Crippen molar-refractivity contribution in [2.75, 3.05) is 14.2 Å². The van der Waals surface area contributed by atoms with Crippen LogP contribution in [0.1, 0.15) is 12.5 Å². The first kappa shape index (κ1) is 12.4. The van der Waals surface area contributed by atoms with E-state index in [9.17, 15) is 0 Å². The van der Waals surface area contributed by atoms with Gasteiger partial charge in [-0.25, -0.2) is 0 Å². The van der Waals surface area contributed by atoms with Gasteiger partial charge in [0.2, 0.25) is 0 Å². The Morgan fingerprint density at radius 1 is 1.31 bits per heavy atom. The Balaban J connectivity index is 2.71. The molecular weight excluding hydrogens is 222 g/mol. The number of rotatable bonds is 3. The number of hydrazone groups is 1. The number of ether oxygens (including phenoxy) is 1. The lowest BCUT2D eigenvalue weighted by Gasteiger charge is -2.05. The summed E-state index contributed by atoms with van der Waals surface area (Å²) in [7, 11) is 3.39. The highest BCUT2D eigenvalue weighted by molar-refractivity contribution is 7.80. The van der Waals surface area contributed by atoms with Crippen LogP contribution in [0.15, 0.2) is 29.4 Å². The Morgan fingerprint density at radius 2 is 1.94 bits per heavy atom. The molecule has 16 heavy (non-hydrogen) atoms. The van der Waals surface area contributed by atoms with Gasteiger partial charge < -0.3 is 10.1 Å². The first-order chi connectivity index (χ1) is 7.67. The normalized spacial score (nSPS) is 10.8. The summed E-state index contributed by atoms with van der Waals surface area (Å²) in [6.07, 6.45) is 0. The summed E-state index contributed by atoms with van der Waals surface area (Å²) in [6, 6.07) is 7.68. The van der Waals surface area contributed by atoms with E-state index in [1.165, 1.54) is 0 Å². The van der Waals surface area contributed by atoms with E-state index in [1.807, 2.05) is 31.2 Å². The molecule has 0 aliphatic heterocycles. The van der Waals surface area contributed by atoms with Gasteiger partial charge in [0.15, 0.2) is 5.11 Å². The van der Waals surface area contributed by atoms with E-state index >= 15 is 0 Å². The largest absolute Gasteiger partial charge is 0.497 e. The molecule has 0 aliphatic rings. The second kappa shape index (κ2) is 6.07. The number of hydrogen-bond donors (Lipinski definition) is 2. The van der Waals surface area contributed by atoms with Crippen LogP contribution in [0.4, 0.5) is 0 Å². The fraction of sp³-hybridized carbons (Fsp3) is 0.273. The van der Waals surface area contributed by atoms with Crippen molar-refractivity contribution in [3.05, 3.63) is 29.8 Å². The first-order valence-corrected chi connectivity index (χ1v) is 5.24. The molecule has 0 aromatic heterocycles. The molecule has 1 rings (SSSR count). The third-order valence-corrected chi connectivity index (χ3v) is 2.36. The van der Waals surface area contributed by atoms with Crippen molar-refractivity contribution in [1.82, 2.24) is 10.7 Å². The minimum absolute atomic E-state index is 0.493. The predicted octanol–water partition coefficient (Wildman–Crippen LogP) is 1.51. The Bertz CT molecular complexity index is 387. The molecule has 1 aromatic rings. The third kappa shape index (κ3) is 3.51. The van der Waals surface area contributed by atoms with Crippen molar-refractivity contribution in [2.24, 2.45) is 5.10 Å². The van der Waals surface area contributed by atoms with Gasteiger partial charge in [0.1, 0.15) is 5.75 Å². The van der Waals surface area contributed by atoms with Crippen LogP contribution < -0.4 is 15.5 Å². The van der Waals surface area contributed by atoms with Gasteiger partial charge in [-0.2, -0.15) is 5.10 Å². The van der Waals surface area contributed by atoms with E-state index in [1.54, 1.807) is 14.2 Å². The van der Waals surface area contributed by atoms with Gasteiger partial charge in [0, 0.05) is 7.05 Å². The SMILES string of the molecule is CNC(=S)NN=C(C)c1ccc(OC)cc1. The molecule has 0 saturated heterocycles. The lowest BCUT2D eigenvalue weighted by atomic mass is 10.1. The summed E-state index contributed by atoms with van der Waals surface area (Å²) in [4.78, 5) is 0. The van der Waals surface area contributed by atoms with Crippen LogP contribution >= 0.6 is 12.2 Å². The standard InChI is InChI=1S/C11H15N3OS/c1-8(13-14-11(16)12-2)9-4-6-10(15-3)7-5-9/h4-7H,1-3H3,(H2,12,14,16). The van der Waals surface area contributed by atoms with E-state index < -0.39 is 0 Å². The van der Waals surface area contributed by atoms with Gasteiger partial charge >= 0.3 is 0 Å². The van der Waals surface area contributed by atoms with E-state index in [4.69, 9.17) is 17.0 Å². The smallest absolute Gasteiger partial charge is 0.186 e. The number of hydrogen-bond acceptors (Lipinski definition) is 3. The van der Waals surface area contributed by atoms with Crippen molar-refractivity contribution in [1.29, 1.82) is 0 Å². The molecule has 0 unspecified atom stereocenters. The van der Waals surface area contributed by atoms with Crippen LogP contribution in [0.2, 0.25) is 0 Å². The minimum atomic E-state index is 0.493. The van der Waals surface area contributed by atoms with Gasteiger partial charge in [-0.05, 0) is 49.0 Å². The average molecular weight is 237 g/mol. The monoisotopic (exact) mass is 237 g/mol. The molecule has 0 saturated carbocycles. The number of methoxy groups -OCH3 is 1. The lowest BCUT2D eigenvalue weighted by Crippen LogP contribution is -2.29. The zero-order valence-electron chi connectivity index (χ0n) is 9.57. The summed E-state index contributed by atoms with van der Waals surface area (Å²) >= 11 is 4.91. The Kier molecular flexibility index (Phi) is 4.72. The van der Waals surface area contributed by atoms with Gasteiger partial charge in [0.25, 0.3) is 0 Å². The topological polar surface area (TPSA) is 45.7 Å². The van der Waals surface area contributed by atoms with E-state index in [-0.39, 0.29) is 0 Å². The van der Waals surface area contributed by atoms with Gasteiger partial charge in [-0.15, -0.1) is 0 Å². The quantitative estimate of drug-likeness (QED) is 0.475. The molecule has 0 radical (unpaired) electrons. The summed E-state index contributed by atoms with van der Waals surface area (Å²) in [5.41, 5.74) is 4.62. The number of benzene rings is 1. The summed E-state index contributed by atoms with van der Waals surface area (Å²) in [5.74, 6) is 0.829. The van der Waals surface area contributed by atoms with Crippen LogP contribution in [0.3, 0.4) is 0 Å². The molecule has 2 N–H and O–H groups in total. The maximum absolute atomic E-state index is 5.08. The van der Waals surface area contributed by atoms with Crippen molar-refractivity contribution < 1.29 is 4.74 Å². The molecule has 0 aliphatic carbocycles. The lowest BCUT2D eigenvalue weighted by molar-refractivity contribution is 0.415. The summed E-state index contributed by atoms with van der Waals surface area (Å²) < 4.78 is 5.08. The Morgan fingerprint density at radius 3 is 2.44 bits per heavy atom. The molecule has 0 amide bonds. The molecule has 0 atom stereocenters. The van der Waals surface area contributed by atoms with Crippen LogP contribution in [-0.4, -0.2) is 25.0 Å². The molecule has 0 fully saturated rings. The molecule has 86 valence electrons. The molecule has 0 bridgehead atoms. The number of nitrogens with zero attached hydrogens (tertiary/aromatic N) is 1. The first-order valence-electron chi connectivity index (χ1n) is 4.84. The zero-order valence-corrected chi connectivity index (χ0v) is 10.4. The fourth-order valence-electron chi connectivity index (χ4n) is 1.09. The van der Waals surface area contributed by atoms with Crippen molar-refractivity contribution in [2.45, 2.75) is 6.92 Å². The predicted molar refractivity (Wildman–Crippen MR) is 70.0 cm³/mol. The average Bonchev–Trinajstić information content (AvgIpc) is 2.35. The molecule has 5 heteroatoms. The van der Waals surface area contributed by atoms with Gasteiger partial charge in [0.05, 0.1) is 12.8 Å². The number of nitrogens with one attached hydrogen (secondary N) is 2. The highest BCUT2D eigenvalue weighted by Gasteiger charge is 1.98. The maximum atomic E-state index is 5.08. The second-order valence-electron chi connectivity index (χ2n) is 3.12. The fourth-order valence-corrected chi connectivity index (χ4v) is 1.13. The molecule has 0 heterocycles. The van der Waals surface area contributed by atoms with Crippen LogP contribution in [-0.2, 0) is 0 Å². The van der Waals surface area contributed by atoms with Crippen molar-refractivity contribution in [3.8, 4) is 5.75 Å². The molecule has 0 spiro atoms. The van der Waals surface area contributed by atoms with Crippen molar-refractivity contribution >= 4 is 23.0 Å². The highest BCUT2D eigenvalue weighted by atomic mass is 32.1. The Hall–Kier alpha value is -1.62. The van der Waals surface area contributed by atoms with E-state index in [0.717, 1.165) is 17.0 Å². The maximum Gasteiger partial charge on any atom is 0.186 e. The second-order valence-corrected chi connectivity index (χ2v) is 3.52. The number of thiocarbonyl (C=S) groups is 1. The highest BCUT2D eigenvalue weighted by Crippen LogP contribution is 2.11. The van der Waals surface area contributed by atoms with Crippen LogP contribution in [0.5, 0.6) is 5.75 Å². The molecule has 4 nitrogen and oxygen atoms in total. The molecular formula is C11H15N3OS. The van der Waals surface area contributed by atoms with E-state index in [2.05, 4.69) is 15.8 Å². The van der Waals surface area contributed by atoms with Crippen LogP contribution in [0, 0.1) is 0 Å². The summed E-state index contributed by atoms with van der Waals surface area (Å²) in [5, 5.41) is 7.42. The summed E-state index contributed by atoms with van der Waals surface area (Å²) in [6.45, 7) is 1.91. The van der Waals surface area contributed by atoms with Crippen molar-refractivity contribution in [3.63, 3.8) is 0 Å². The van der Waals surface area contributed by atoms with Gasteiger partial charge in [-0.3, -0.25) is 5.43 Å². The van der Waals surface area contributed by atoms with Crippen LogP contribution in [0.25, 0.3) is 0 Å². The zero-order chi connectivity index (χ0) is 12.0. The van der Waals surface area contributed by atoms with Gasteiger partial charge in [-0.1, -0.05) is 0 Å².